The number of amides is 1. The lowest BCUT2D eigenvalue weighted by atomic mass is 9.98. The second-order valence-corrected chi connectivity index (χ2v) is 8.01. The number of rotatable bonds is 6. The summed E-state index contributed by atoms with van der Waals surface area (Å²) in [6.45, 7) is 1.84. The lowest BCUT2D eigenvalue weighted by Crippen LogP contribution is -2.20. The molecule has 1 fully saturated rings. The number of pyridine rings is 1. The van der Waals surface area contributed by atoms with Crippen LogP contribution in [0.5, 0.6) is 5.88 Å². The Morgan fingerprint density at radius 2 is 2.03 bits per heavy atom. The van der Waals surface area contributed by atoms with E-state index in [2.05, 4.69) is 24.6 Å². The molecule has 0 aliphatic heterocycles. The van der Waals surface area contributed by atoms with E-state index in [0.717, 1.165) is 23.4 Å². The van der Waals surface area contributed by atoms with Gasteiger partial charge in [0.15, 0.2) is 0 Å². The van der Waals surface area contributed by atoms with Gasteiger partial charge < -0.3 is 10.1 Å². The van der Waals surface area contributed by atoms with E-state index < -0.39 is 0 Å². The fraction of sp³-hybridized carbons (Fsp3) is 0.381. The molecule has 8 heteroatoms. The molecule has 0 saturated heterocycles. The molecule has 0 spiro atoms. The summed E-state index contributed by atoms with van der Waals surface area (Å²) in [7, 11) is 0. The van der Waals surface area contributed by atoms with Crippen molar-refractivity contribution in [2.45, 2.75) is 51.6 Å². The first kappa shape index (κ1) is 19.4. The molecule has 0 bridgehead atoms. The standard InChI is InChI=1S/C21H23N5O2S/c1-14-20(18(29-26-14)11-16-12-22-9-10-23-16)21(27)25-15-7-8-19(24-13-15)28-17-5-3-2-4-6-17/h7-10,12-13,17H,2-6,11H2,1H3,(H,25,27). The van der Waals surface area contributed by atoms with Gasteiger partial charge in [-0.15, -0.1) is 0 Å². The number of anilines is 1. The minimum atomic E-state index is -0.196. The highest BCUT2D eigenvalue weighted by Crippen LogP contribution is 2.24. The number of hydrogen-bond donors (Lipinski definition) is 1. The molecule has 0 atom stereocenters. The topological polar surface area (TPSA) is 89.9 Å². The highest BCUT2D eigenvalue weighted by Gasteiger charge is 2.20. The third-order valence-electron chi connectivity index (χ3n) is 4.95. The number of carbonyl (C=O) groups is 1. The van der Waals surface area contributed by atoms with E-state index in [-0.39, 0.29) is 12.0 Å². The lowest BCUT2D eigenvalue weighted by Gasteiger charge is -2.22. The van der Waals surface area contributed by atoms with Crippen LogP contribution in [-0.2, 0) is 6.42 Å². The van der Waals surface area contributed by atoms with Crippen LogP contribution in [0.3, 0.4) is 0 Å². The summed E-state index contributed by atoms with van der Waals surface area (Å²) < 4.78 is 10.3. The summed E-state index contributed by atoms with van der Waals surface area (Å²) in [6, 6.07) is 3.63. The van der Waals surface area contributed by atoms with E-state index >= 15 is 0 Å². The molecule has 150 valence electrons. The number of aryl methyl sites for hydroxylation is 1. The van der Waals surface area contributed by atoms with Gasteiger partial charge in [0.25, 0.3) is 5.91 Å². The molecule has 0 unspecified atom stereocenters. The Labute approximate surface area is 173 Å². The third-order valence-corrected chi connectivity index (χ3v) is 5.89. The van der Waals surface area contributed by atoms with Gasteiger partial charge in [0.2, 0.25) is 5.88 Å². The maximum absolute atomic E-state index is 12.9. The van der Waals surface area contributed by atoms with E-state index in [9.17, 15) is 4.79 Å². The van der Waals surface area contributed by atoms with E-state index in [1.165, 1.54) is 30.8 Å². The zero-order valence-corrected chi connectivity index (χ0v) is 17.1. The number of ether oxygens (including phenoxy) is 1. The quantitative estimate of drug-likeness (QED) is 0.656. The van der Waals surface area contributed by atoms with Gasteiger partial charge in [-0.3, -0.25) is 14.8 Å². The van der Waals surface area contributed by atoms with Crippen molar-refractivity contribution in [3.8, 4) is 5.88 Å². The summed E-state index contributed by atoms with van der Waals surface area (Å²) in [5.41, 5.74) is 2.72. The SMILES string of the molecule is Cc1nsc(Cc2cnccn2)c1C(=O)Nc1ccc(OC2CCCCC2)nc1. The molecular formula is C21H23N5O2S. The van der Waals surface area contributed by atoms with E-state index in [1.54, 1.807) is 24.8 Å². The van der Waals surface area contributed by atoms with Crippen LogP contribution in [0.25, 0.3) is 0 Å². The van der Waals surface area contributed by atoms with Gasteiger partial charge in [0.05, 0.1) is 28.8 Å². The van der Waals surface area contributed by atoms with Gasteiger partial charge in [-0.2, -0.15) is 4.37 Å². The van der Waals surface area contributed by atoms with E-state index in [1.807, 2.05) is 19.1 Å². The fourth-order valence-electron chi connectivity index (χ4n) is 3.49. The lowest BCUT2D eigenvalue weighted by molar-refractivity contribution is 0.102. The summed E-state index contributed by atoms with van der Waals surface area (Å²) in [6.07, 6.45) is 13.3. The molecule has 3 aromatic heterocycles. The van der Waals surface area contributed by atoms with Gasteiger partial charge in [0.1, 0.15) is 6.10 Å². The predicted octanol–water partition coefficient (Wildman–Crippen LogP) is 4.19. The second-order valence-electron chi connectivity index (χ2n) is 7.16. The van der Waals surface area contributed by atoms with Gasteiger partial charge in [-0.1, -0.05) is 6.42 Å². The number of carbonyl (C=O) groups excluding carboxylic acids is 1. The minimum absolute atomic E-state index is 0.196. The molecule has 3 heterocycles. The van der Waals surface area contributed by atoms with Crippen molar-refractivity contribution in [1.29, 1.82) is 0 Å². The van der Waals surface area contributed by atoms with Crippen molar-refractivity contribution in [2.24, 2.45) is 0 Å². The number of nitrogens with one attached hydrogen (secondary N) is 1. The van der Waals surface area contributed by atoms with Crippen LogP contribution in [0.1, 0.15) is 58.7 Å². The Bertz CT molecular complexity index is 953. The first-order valence-corrected chi connectivity index (χ1v) is 10.6. The summed E-state index contributed by atoms with van der Waals surface area (Å²) in [5, 5.41) is 2.92. The molecule has 1 amide bonds. The van der Waals surface area contributed by atoms with Gasteiger partial charge >= 0.3 is 0 Å². The van der Waals surface area contributed by atoms with Crippen molar-refractivity contribution >= 4 is 23.1 Å². The molecule has 7 nitrogen and oxygen atoms in total. The molecule has 29 heavy (non-hydrogen) atoms. The Morgan fingerprint density at radius 3 is 2.76 bits per heavy atom. The fourth-order valence-corrected chi connectivity index (χ4v) is 4.37. The largest absolute Gasteiger partial charge is 0.474 e. The summed E-state index contributed by atoms with van der Waals surface area (Å²) in [4.78, 5) is 26.5. The highest BCUT2D eigenvalue weighted by atomic mass is 32.1. The minimum Gasteiger partial charge on any atom is -0.474 e. The average molecular weight is 410 g/mol. The molecule has 0 radical (unpaired) electrons. The Balaban J connectivity index is 1.42. The van der Waals surface area contributed by atoms with E-state index in [4.69, 9.17) is 4.74 Å². The normalized spacial score (nSPS) is 14.5. The number of aromatic nitrogens is 4. The summed E-state index contributed by atoms with van der Waals surface area (Å²) in [5.74, 6) is 0.407. The molecule has 1 aliphatic carbocycles. The molecule has 1 N–H and O–H groups in total. The van der Waals surface area contributed by atoms with Crippen LogP contribution < -0.4 is 10.1 Å². The zero-order chi connectivity index (χ0) is 20.1. The van der Waals surface area contributed by atoms with Crippen LogP contribution in [-0.4, -0.2) is 31.3 Å². The van der Waals surface area contributed by atoms with Gasteiger partial charge in [-0.05, 0) is 50.2 Å². The monoisotopic (exact) mass is 409 g/mol. The van der Waals surface area contributed by atoms with Crippen molar-refractivity contribution < 1.29 is 9.53 Å². The van der Waals surface area contributed by atoms with Crippen LogP contribution in [0.4, 0.5) is 5.69 Å². The van der Waals surface area contributed by atoms with Crippen molar-refractivity contribution in [3.63, 3.8) is 0 Å². The van der Waals surface area contributed by atoms with Crippen molar-refractivity contribution in [2.75, 3.05) is 5.32 Å². The Morgan fingerprint density at radius 1 is 1.17 bits per heavy atom. The predicted molar refractivity (Wildman–Crippen MR) is 111 cm³/mol. The van der Waals surface area contributed by atoms with Crippen LogP contribution in [0, 0.1) is 6.92 Å². The summed E-state index contributed by atoms with van der Waals surface area (Å²) >= 11 is 1.32. The first-order chi connectivity index (χ1) is 14.2. The average Bonchev–Trinajstić information content (AvgIpc) is 3.11. The number of nitrogens with zero attached hydrogens (tertiary/aromatic N) is 4. The Hall–Kier alpha value is -2.87. The smallest absolute Gasteiger partial charge is 0.258 e. The molecule has 3 aromatic rings. The number of hydrogen-bond acceptors (Lipinski definition) is 7. The maximum Gasteiger partial charge on any atom is 0.258 e. The maximum atomic E-state index is 12.9. The van der Waals surface area contributed by atoms with Crippen LogP contribution >= 0.6 is 11.5 Å². The third kappa shape index (κ3) is 4.95. The van der Waals surface area contributed by atoms with Gasteiger partial charge in [0, 0.05) is 36.0 Å². The van der Waals surface area contributed by atoms with Crippen molar-refractivity contribution in [1.82, 2.24) is 19.3 Å². The van der Waals surface area contributed by atoms with Gasteiger partial charge in [-0.25, -0.2) is 4.98 Å². The Kier molecular flexibility index (Phi) is 6.09. The molecule has 1 saturated carbocycles. The molecule has 4 rings (SSSR count). The van der Waals surface area contributed by atoms with Crippen LogP contribution in [0.15, 0.2) is 36.9 Å². The first-order valence-electron chi connectivity index (χ1n) is 9.83. The van der Waals surface area contributed by atoms with E-state index in [0.29, 0.717) is 29.2 Å². The molecular weight excluding hydrogens is 386 g/mol. The van der Waals surface area contributed by atoms with Crippen LogP contribution in [0.2, 0.25) is 0 Å². The molecule has 0 aromatic carbocycles. The molecule has 1 aliphatic rings. The van der Waals surface area contributed by atoms with Crippen molar-refractivity contribution in [3.05, 3.63) is 58.7 Å². The highest BCUT2D eigenvalue weighted by molar-refractivity contribution is 7.06. The second kappa shape index (κ2) is 9.09. The zero-order valence-electron chi connectivity index (χ0n) is 16.3.